The van der Waals surface area contributed by atoms with Crippen LogP contribution >= 0.6 is 0 Å². The van der Waals surface area contributed by atoms with Crippen molar-refractivity contribution in [2.75, 3.05) is 26.8 Å². The van der Waals surface area contributed by atoms with E-state index in [9.17, 15) is 14.7 Å². The average molecular weight is 437 g/mol. The number of hydrogen-bond donors (Lipinski definition) is 1. The van der Waals surface area contributed by atoms with Crippen LogP contribution in [0.15, 0.2) is 51.9 Å². The van der Waals surface area contributed by atoms with E-state index in [0.717, 1.165) is 0 Å². The number of likely N-dealkylation sites (tertiary alicyclic amines) is 1. The average Bonchev–Trinajstić information content (AvgIpc) is 2.82. The molecule has 1 aliphatic heterocycles. The number of para-hydroxylation sites is 1. The number of ether oxygens (including phenoxy) is 2. The molecule has 0 aliphatic carbocycles. The zero-order chi connectivity index (χ0) is 22.7. The number of hydrogen-bond acceptors (Lipinski definition) is 7. The smallest absolute Gasteiger partial charge is 0.309 e. The third-order valence-corrected chi connectivity index (χ3v) is 6.01. The van der Waals surface area contributed by atoms with E-state index in [-0.39, 0.29) is 23.1 Å². The van der Waals surface area contributed by atoms with Crippen LogP contribution in [0, 0.1) is 5.92 Å². The molecular weight excluding hydrogens is 410 g/mol. The molecular formula is C25H27NO6. The Labute approximate surface area is 186 Å². The van der Waals surface area contributed by atoms with E-state index in [1.807, 2.05) is 25.1 Å². The molecule has 0 bridgehead atoms. The van der Waals surface area contributed by atoms with E-state index < -0.39 is 0 Å². The van der Waals surface area contributed by atoms with E-state index in [1.165, 1.54) is 12.3 Å². The number of fused-ring (bicyclic) bond motifs is 1. The monoisotopic (exact) mass is 437 g/mol. The predicted octanol–water partition coefficient (Wildman–Crippen LogP) is 3.95. The molecule has 0 amide bonds. The van der Waals surface area contributed by atoms with Crippen molar-refractivity contribution in [3.63, 3.8) is 0 Å². The third-order valence-electron chi connectivity index (χ3n) is 6.01. The van der Waals surface area contributed by atoms with Crippen LogP contribution in [-0.4, -0.2) is 42.8 Å². The van der Waals surface area contributed by atoms with E-state index in [0.29, 0.717) is 72.5 Å². The first-order chi connectivity index (χ1) is 15.5. The largest absolute Gasteiger partial charge is 0.507 e. The van der Waals surface area contributed by atoms with E-state index in [2.05, 4.69) is 4.90 Å². The maximum absolute atomic E-state index is 13.3. The number of aromatic hydroxyl groups is 1. The Hall–Kier alpha value is -3.32. The molecule has 1 aliphatic rings. The molecule has 1 fully saturated rings. The van der Waals surface area contributed by atoms with E-state index in [4.69, 9.17) is 13.9 Å². The SMILES string of the molecule is CCOC(=O)C1CCN(Cc2c(O)ccc3c(=O)c(-c4ccccc4OC)coc23)CC1. The molecule has 2 heterocycles. The second-order valence-electron chi connectivity index (χ2n) is 7.92. The van der Waals surface area contributed by atoms with Gasteiger partial charge < -0.3 is 19.0 Å². The molecule has 168 valence electrons. The van der Waals surface area contributed by atoms with Crippen molar-refractivity contribution in [1.29, 1.82) is 0 Å². The van der Waals surface area contributed by atoms with Gasteiger partial charge >= 0.3 is 5.97 Å². The summed E-state index contributed by atoms with van der Waals surface area (Å²) in [6.07, 6.45) is 2.83. The molecule has 4 rings (SSSR count). The molecule has 1 aromatic heterocycles. The summed E-state index contributed by atoms with van der Waals surface area (Å²) in [5.74, 6) is 0.435. The van der Waals surface area contributed by atoms with Gasteiger partial charge in [-0.3, -0.25) is 14.5 Å². The number of esters is 1. The molecule has 0 unspecified atom stereocenters. The lowest BCUT2D eigenvalue weighted by atomic mass is 9.96. The number of benzene rings is 2. The van der Waals surface area contributed by atoms with Crippen LogP contribution in [0.4, 0.5) is 0 Å². The summed E-state index contributed by atoms with van der Waals surface area (Å²) >= 11 is 0. The van der Waals surface area contributed by atoms with Gasteiger partial charge in [-0.2, -0.15) is 0 Å². The van der Waals surface area contributed by atoms with Gasteiger partial charge in [0.05, 0.1) is 36.1 Å². The molecule has 1 saturated heterocycles. The second-order valence-corrected chi connectivity index (χ2v) is 7.92. The first-order valence-electron chi connectivity index (χ1n) is 10.8. The molecule has 2 aromatic carbocycles. The number of piperidine rings is 1. The van der Waals surface area contributed by atoms with Crippen LogP contribution < -0.4 is 10.2 Å². The third kappa shape index (κ3) is 4.21. The minimum atomic E-state index is -0.182. The van der Waals surface area contributed by atoms with Crippen molar-refractivity contribution in [2.24, 2.45) is 5.92 Å². The summed E-state index contributed by atoms with van der Waals surface area (Å²) in [4.78, 5) is 27.4. The molecule has 7 nitrogen and oxygen atoms in total. The van der Waals surface area contributed by atoms with Crippen molar-refractivity contribution in [3.05, 3.63) is 58.4 Å². The zero-order valence-electron chi connectivity index (χ0n) is 18.3. The molecule has 1 N–H and O–H groups in total. The van der Waals surface area contributed by atoms with Gasteiger partial charge in [0.2, 0.25) is 5.43 Å². The summed E-state index contributed by atoms with van der Waals surface area (Å²) < 4.78 is 16.4. The molecule has 0 saturated carbocycles. The Morgan fingerprint density at radius 1 is 1.16 bits per heavy atom. The standard InChI is InChI=1S/C25H27NO6/c1-3-31-25(29)16-10-12-26(13-11-16)14-19-21(27)9-8-18-23(28)20(15-32-24(18)19)17-6-4-5-7-22(17)30-2/h4-9,15-16,27H,3,10-14H2,1-2H3. The van der Waals surface area contributed by atoms with Gasteiger partial charge in [-0.15, -0.1) is 0 Å². The predicted molar refractivity (Wildman–Crippen MR) is 121 cm³/mol. The highest BCUT2D eigenvalue weighted by atomic mass is 16.5. The Bertz CT molecular complexity index is 1180. The maximum atomic E-state index is 13.3. The van der Waals surface area contributed by atoms with Gasteiger partial charge in [0.25, 0.3) is 0 Å². The highest BCUT2D eigenvalue weighted by molar-refractivity contribution is 5.86. The summed E-state index contributed by atoms with van der Waals surface area (Å²) in [5, 5.41) is 10.9. The Morgan fingerprint density at radius 3 is 2.62 bits per heavy atom. The molecule has 0 atom stereocenters. The van der Waals surface area contributed by atoms with Crippen LogP contribution in [0.3, 0.4) is 0 Å². The summed E-state index contributed by atoms with van der Waals surface area (Å²) in [6.45, 7) is 4.02. The Balaban J connectivity index is 1.62. The lowest BCUT2D eigenvalue weighted by Gasteiger charge is -2.31. The van der Waals surface area contributed by atoms with Crippen LogP contribution in [0.2, 0.25) is 0 Å². The fraction of sp³-hybridized carbons (Fsp3) is 0.360. The molecule has 0 spiro atoms. The van der Waals surface area contributed by atoms with Crippen molar-refractivity contribution in [1.82, 2.24) is 4.90 Å². The number of phenols is 1. The highest BCUT2D eigenvalue weighted by Crippen LogP contribution is 2.32. The molecule has 3 aromatic rings. The van der Waals surface area contributed by atoms with Crippen molar-refractivity contribution >= 4 is 16.9 Å². The molecule has 7 heteroatoms. The fourth-order valence-electron chi connectivity index (χ4n) is 4.26. The van der Waals surface area contributed by atoms with Crippen molar-refractivity contribution < 1.29 is 23.8 Å². The van der Waals surface area contributed by atoms with Crippen LogP contribution in [0.1, 0.15) is 25.3 Å². The topological polar surface area (TPSA) is 89.2 Å². The van der Waals surface area contributed by atoms with Crippen LogP contribution in [0.5, 0.6) is 11.5 Å². The maximum Gasteiger partial charge on any atom is 0.309 e. The number of nitrogens with zero attached hydrogens (tertiary/aromatic N) is 1. The number of rotatable bonds is 6. The van der Waals surface area contributed by atoms with Gasteiger partial charge in [-0.05, 0) is 51.1 Å². The Morgan fingerprint density at radius 2 is 1.91 bits per heavy atom. The fourth-order valence-corrected chi connectivity index (χ4v) is 4.26. The highest BCUT2D eigenvalue weighted by Gasteiger charge is 2.27. The van der Waals surface area contributed by atoms with E-state index >= 15 is 0 Å². The number of methoxy groups -OCH3 is 1. The number of phenolic OH excluding ortho intramolecular Hbond substituents is 1. The molecule has 0 radical (unpaired) electrons. The first kappa shape index (κ1) is 21.9. The number of carbonyl (C=O) groups excluding carboxylic acids is 1. The minimum Gasteiger partial charge on any atom is -0.507 e. The minimum absolute atomic E-state index is 0.0817. The lowest BCUT2D eigenvalue weighted by Crippen LogP contribution is -2.36. The van der Waals surface area contributed by atoms with Gasteiger partial charge in [0.1, 0.15) is 23.3 Å². The second kappa shape index (κ2) is 9.44. The van der Waals surface area contributed by atoms with Gasteiger partial charge in [-0.1, -0.05) is 18.2 Å². The van der Waals surface area contributed by atoms with Crippen molar-refractivity contribution in [3.8, 4) is 22.6 Å². The summed E-state index contributed by atoms with van der Waals surface area (Å²) in [5.41, 5.74) is 1.82. The number of carbonyl (C=O) groups is 1. The lowest BCUT2D eigenvalue weighted by molar-refractivity contribution is -0.149. The first-order valence-corrected chi connectivity index (χ1v) is 10.8. The van der Waals surface area contributed by atoms with Gasteiger partial charge in [0, 0.05) is 12.1 Å². The van der Waals surface area contributed by atoms with Gasteiger partial charge in [0.15, 0.2) is 0 Å². The van der Waals surface area contributed by atoms with Gasteiger partial charge in [-0.25, -0.2) is 0 Å². The van der Waals surface area contributed by atoms with E-state index in [1.54, 1.807) is 19.2 Å². The summed E-state index contributed by atoms with van der Waals surface area (Å²) in [6, 6.07) is 10.4. The normalized spacial score (nSPS) is 15.1. The van der Waals surface area contributed by atoms with Crippen molar-refractivity contribution in [2.45, 2.75) is 26.3 Å². The van der Waals surface area contributed by atoms with Crippen LogP contribution in [-0.2, 0) is 16.1 Å². The Kier molecular flexibility index (Phi) is 6.46. The summed E-state index contributed by atoms with van der Waals surface area (Å²) in [7, 11) is 1.56. The quantitative estimate of drug-likeness (QED) is 0.584. The van der Waals surface area contributed by atoms with Crippen LogP contribution in [0.25, 0.3) is 22.1 Å². The molecule has 32 heavy (non-hydrogen) atoms. The zero-order valence-corrected chi connectivity index (χ0v) is 18.3.